The van der Waals surface area contributed by atoms with Gasteiger partial charge in [-0.3, -0.25) is 0 Å². The third-order valence-corrected chi connectivity index (χ3v) is 3.98. The van der Waals surface area contributed by atoms with Gasteiger partial charge < -0.3 is 4.90 Å². The molecule has 0 fully saturated rings. The van der Waals surface area contributed by atoms with Crippen LogP contribution in [-0.2, 0) is 6.42 Å². The lowest BCUT2D eigenvalue weighted by Gasteiger charge is -2.24. The molecular weight excluding hydrogens is 278 g/mol. The van der Waals surface area contributed by atoms with Crippen molar-refractivity contribution >= 4 is 22.1 Å². The normalized spacial score (nSPS) is 10.4. The quantitative estimate of drug-likeness (QED) is 0.513. The molecule has 0 saturated heterocycles. The van der Waals surface area contributed by atoms with E-state index in [1.807, 2.05) is 12.2 Å². The molecule has 3 rings (SSSR count). The van der Waals surface area contributed by atoms with Crippen LogP contribution in [0.4, 0.5) is 11.4 Å². The molecule has 0 amide bonds. The molecule has 0 unspecified atom stereocenters. The maximum absolute atomic E-state index is 3.91. The maximum atomic E-state index is 3.91. The van der Waals surface area contributed by atoms with Crippen LogP contribution in [0.3, 0.4) is 0 Å². The van der Waals surface area contributed by atoms with E-state index < -0.39 is 0 Å². The Balaban J connectivity index is 1.98. The molecule has 1 nitrogen and oxygen atoms in total. The molecule has 0 saturated carbocycles. The lowest BCUT2D eigenvalue weighted by molar-refractivity contribution is 1.10. The molecule has 0 aliphatic carbocycles. The van der Waals surface area contributed by atoms with E-state index in [9.17, 15) is 0 Å². The Morgan fingerprint density at radius 2 is 1.43 bits per heavy atom. The van der Waals surface area contributed by atoms with Gasteiger partial charge in [0.05, 0.1) is 0 Å². The number of benzene rings is 3. The highest BCUT2D eigenvalue weighted by Gasteiger charge is 2.08. The van der Waals surface area contributed by atoms with Crippen LogP contribution in [0.1, 0.15) is 5.56 Å². The van der Waals surface area contributed by atoms with Gasteiger partial charge in [-0.25, -0.2) is 0 Å². The molecule has 0 radical (unpaired) electrons. The van der Waals surface area contributed by atoms with Gasteiger partial charge in [0.15, 0.2) is 0 Å². The number of rotatable bonds is 6. The second-order valence-electron chi connectivity index (χ2n) is 5.59. The van der Waals surface area contributed by atoms with Crippen molar-refractivity contribution in [3.05, 3.63) is 97.6 Å². The zero-order valence-electron chi connectivity index (χ0n) is 13.3. The molecule has 0 N–H and O–H groups in total. The van der Waals surface area contributed by atoms with E-state index in [0.717, 1.165) is 13.0 Å². The molecule has 3 aromatic rings. The van der Waals surface area contributed by atoms with Crippen molar-refractivity contribution in [1.29, 1.82) is 0 Å². The summed E-state index contributed by atoms with van der Waals surface area (Å²) in [7, 11) is 0. The van der Waals surface area contributed by atoms with Gasteiger partial charge in [0.1, 0.15) is 0 Å². The molecular formula is C22H21N. The minimum Gasteiger partial charge on any atom is -0.338 e. The van der Waals surface area contributed by atoms with E-state index in [0.29, 0.717) is 0 Å². The highest BCUT2D eigenvalue weighted by molar-refractivity contribution is 5.87. The summed E-state index contributed by atoms with van der Waals surface area (Å²) in [6, 6.07) is 23.7. The van der Waals surface area contributed by atoms with Crippen LogP contribution in [0.15, 0.2) is 92.0 Å². The first kappa shape index (κ1) is 15.1. The van der Waals surface area contributed by atoms with Crippen LogP contribution in [0.25, 0.3) is 10.8 Å². The van der Waals surface area contributed by atoms with Gasteiger partial charge in [0, 0.05) is 17.9 Å². The highest BCUT2D eigenvalue weighted by atomic mass is 15.1. The number of hydrogen-bond acceptors (Lipinski definition) is 1. The van der Waals surface area contributed by atoms with Crippen LogP contribution >= 0.6 is 0 Å². The standard InChI is InChI=1S/C22H21N/c1-3-7-18-10-13-21(14-11-18)23(16-4-2)22-15-12-19-8-5-6-9-20(19)17-22/h3-6,8-15,17H,1-2,7,16H2. The van der Waals surface area contributed by atoms with E-state index in [-0.39, 0.29) is 0 Å². The molecule has 0 spiro atoms. The number of allylic oxidation sites excluding steroid dienone is 1. The Morgan fingerprint density at radius 3 is 2.13 bits per heavy atom. The van der Waals surface area contributed by atoms with E-state index in [2.05, 4.69) is 84.8 Å². The maximum Gasteiger partial charge on any atom is 0.0420 e. The summed E-state index contributed by atoms with van der Waals surface area (Å²) in [4.78, 5) is 2.27. The summed E-state index contributed by atoms with van der Waals surface area (Å²) in [6.07, 6.45) is 4.77. The fourth-order valence-corrected chi connectivity index (χ4v) is 2.81. The number of fused-ring (bicyclic) bond motifs is 1. The van der Waals surface area contributed by atoms with Gasteiger partial charge in [-0.2, -0.15) is 0 Å². The van der Waals surface area contributed by atoms with E-state index in [1.54, 1.807) is 0 Å². The van der Waals surface area contributed by atoms with E-state index in [4.69, 9.17) is 0 Å². The fraction of sp³-hybridized carbons (Fsp3) is 0.0909. The van der Waals surface area contributed by atoms with Gasteiger partial charge in [-0.15, -0.1) is 13.2 Å². The summed E-state index contributed by atoms with van der Waals surface area (Å²) in [6.45, 7) is 8.48. The first-order valence-corrected chi connectivity index (χ1v) is 7.89. The van der Waals surface area contributed by atoms with Gasteiger partial charge in [0.2, 0.25) is 0 Å². The second kappa shape index (κ2) is 6.97. The summed E-state index contributed by atoms with van der Waals surface area (Å²) in [5.41, 5.74) is 3.63. The molecule has 114 valence electrons. The molecule has 23 heavy (non-hydrogen) atoms. The molecule has 0 aliphatic rings. The molecule has 0 bridgehead atoms. The number of nitrogens with zero attached hydrogens (tertiary/aromatic N) is 1. The Morgan fingerprint density at radius 1 is 0.739 bits per heavy atom. The zero-order chi connectivity index (χ0) is 16.1. The average Bonchev–Trinajstić information content (AvgIpc) is 2.60. The first-order valence-electron chi connectivity index (χ1n) is 7.89. The third kappa shape index (κ3) is 3.35. The summed E-state index contributed by atoms with van der Waals surface area (Å²) >= 11 is 0. The lowest BCUT2D eigenvalue weighted by atomic mass is 10.1. The largest absolute Gasteiger partial charge is 0.338 e. The molecule has 3 aromatic carbocycles. The predicted octanol–water partition coefficient (Wildman–Crippen LogP) is 5.89. The Labute approximate surface area is 138 Å². The average molecular weight is 299 g/mol. The van der Waals surface area contributed by atoms with E-state index >= 15 is 0 Å². The lowest BCUT2D eigenvalue weighted by Crippen LogP contribution is -2.16. The molecule has 0 aliphatic heterocycles. The summed E-state index contributed by atoms with van der Waals surface area (Å²) in [5, 5.41) is 2.51. The van der Waals surface area contributed by atoms with Crippen molar-refractivity contribution in [3.63, 3.8) is 0 Å². The smallest absolute Gasteiger partial charge is 0.0420 e. The Kier molecular flexibility index (Phi) is 4.58. The molecule has 0 atom stereocenters. The van der Waals surface area contributed by atoms with Crippen LogP contribution < -0.4 is 4.90 Å². The van der Waals surface area contributed by atoms with Crippen molar-refractivity contribution in [2.45, 2.75) is 6.42 Å². The Bertz CT molecular complexity index is 815. The van der Waals surface area contributed by atoms with Gasteiger partial charge in [0.25, 0.3) is 0 Å². The predicted molar refractivity (Wildman–Crippen MR) is 101 cm³/mol. The first-order chi connectivity index (χ1) is 11.3. The number of hydrogen-bond donors (Lipinski definition) is 0. The molecule has 0 heterocycles. The summed E-state index contributed by atoms with van der Waals surface area (Å²) < 4.78 is 0. The third-order valence-electron chi connectivity index (χ3n) is 3.98. The minimum atomic E-state index is 0.777. The van der Waals surface area contributed by atoms with Crippen molar-refractivity contribution < 1.29 is 0 Å². The van der Waals surface area contributed by atoms with Crippen molar-refractivity contribution in [1.82, 2.24) is 0 Å². The zero-order valence-corrected chi connectivity index (χ0v) is 13.3. The topological polar surface area (TPSA) is 3.24 Å². The van der Waals surface area contributed by atoms with Crippen LogP contribution in [0.2, 0.25) is 0 Å². The van der Waals surface area contributed by atoms with Gasteiger partial charge in [-0.1, -0.05) is 54.6 Å². The SMILES string of the molecule is C=CCc1ccc(N(CC=C)c2ccc3ccccc3c2)cc1. The van der Waals surface area contributed by atoms with Crippen LogP contribution in [0.5, 0.6) is 0 Å². The van der Waals surface area contributed by atoms with Crippen LogP contribution in [0, 0.1) is 0 Å². The highest BCUT2D eigenvalue weighted by Crippen LogP contribution is 2.28. The summed E-state index contributed by atoms with van der Waals surface area (Å²) in [5.74, 6) is 0. The molecule has 0 aromatic heterocycles. The van der Waals surface area contributed by atoms with Gasteiger partial charge in [-0.05, 0) is 47.0 Å². The second-order valence-corrected chi connectivity index (χ2v) is 5.59. The Hall–Kier alpha value is -2.80. The van der Waals surface area contributed by atoms with Crippen LogP contribution in [-0.4, -0.2) is 6.54 Å². The van der Waals surface area contributed by atoms with Crippen molar-refractivity contribution in [3.8, 4) is 0 Å². The van der Waals surface area contributed by atoms with Crippen molar-refractivity contribution in [2.75, 3.05) is 11.4 Å². The fourth-order valence-electron chi connectivity index (χ4n) is 2.81. The number of anilines is 2. The van der Waals surface area contributed by atoms with Gasteiger partial charge >= 0.3 is 0 Å². The molecule has 1 heteroatoms. The minimum absolute atomic E-state index is 0.777. The van der Waals surface area contributed by atoms with E-state index in [1.165, 1.54) is 27.7 Å². The van der Waals surface area contributed by atoms with Crippen molar-refractivity contribution in [2.24, 2.45) is 0 Å². The monoisotopic (exact) mass is 299 g/mol.